The number of hydrogen-bond acceptors (Lipinski definition) is 7. The number of aromatic nitrogens is 1. The Hall–Kier alpha value is -3.50. The zero-order chi connectivity index (χ0) is 22.5. The van der Waals surface area contributed by atoms with E-state index in [-0.39, 0.29) is 23.0 Å². The van der Waals surface area contributed by atoms with E-state index < -0.39 is 11.5 Å². The van der Waals surface area contributed by atoms with Crippen LogP contribution in [0.15, 0.2) is 69.2 Å². The summed E-state index contributed by atoms with van der Waals surface area (Å²) in [5, 5.41) is 8.05. The third-order valence-electron chi connectivity index (χ3n) is 4.27. The maximum atomic E-state index is 12.9. The van der Waals surface area contributed by atoms with Gasteiger partial charge in [-0.1, -0.05) is 18.2 Å². The van der Waals surface area contributed by atoms with Crippen molar-refractivity contribution in [1.29, 1.82) is 0 Å². The highest BCUT2D eigenvalue weighted by atomic mass is 32.2. The second-order valence-electron chi connectivity index (χ2n) is 6.63. The lowest BCUT2D eigenvalue weighted by Crippen LogP contribution is -2.20. The zero-order valence-corrected chi connectivity index (χ0v) is 18.1. The van der Waals surface area contributed by atoms with E-state index in [4.69, 9.17) is 4.42 Å². The second-order valence-corrected chi connectivity index (χ2v) is 8.48. The maximum absolute atomic E-state index is 12.9. The summed E-state index contributed by atoms with van der Waals surface area (Å²) in [5.74, 6) is -0.536. The van der Waals surface area contributed by atoms with Crippen LogP contribution >= 0.6 is 23.1 Å². The molecule has 0 unspecified atom stereocenters. The molecule has 0 spiro atoms. The minimum absolute atomic E-state index is 0.104. The van der Waals surface area contributed by atoms with Gasteiger partial charge in [-0.05, 0) is 36.4 Å². The number of thiazole rings is 1. The third kappa shape index (κ3) is 5.40. The highest BCUT2D eigenvalue weighted by Crippen LogP contribution is 2.21. The van der Waals surface area contributed by atoms with Crippen LogP contribution in [0.1, 0.15) is 16.1 Å². The van der Waals surface area contributed by atoms with Crippen molar-refractivity contribution in [1.82, 2.24) is 4.98 Å². The average molecular weight is 470 g/mol. The lowest BCUT2D eigenvalue weighted by atomic mass is 10.2. The highest BCUT2D eigenvalue weighted by molar-refractivity contribution is 7.99. The number of fused-ring (bicyclic) bond motifs is 1. The lowest BCUT2D eigenvalue weighted by Gasteiger charge is -2.04. The van der Waals surface area contributed by atoms with Gasteiger partial charge in [0.2, 0.25) is 5.91 Å². The molecule has 7 nitrogen and oxygen atoms in total. The van der Waals surface area contributed by atoms with Crippen molar-refractivity contribution < 1.29 is 18.4 Å². The Morgan fingerprint density at radius 1 is 1.09 bits per heavy atom. The summed E-state index contributed by atoms with van der Waals surface area (Å²) in [6, 6.07) is 13.9. The van der Waals surface area contributed by atoms with Crippen LogP contribution in [0.3, 0.4) is 0 Å². The number of para-hydroxylation sites is 1. The van der Waals surface area contributed by atoms with Gasteiger partial charge in [-0.25, -0.2) is 14.2 Å². The minimum atomic E-state index is -0.722. The highest BCUT2D eigenvalue weighted by Gasteiger charge is 2.15. The quantitative estimate of drug-likeness (QED) is 0.386. The number of anilines is 2. The molecule has 162 valence electrons. The van der Waals surface area contributed by atoms with Gasteiger partial charge in [-0.2, -0.15) is 0 Å². The molecule has 2 heterocycles. The summed E-state index contributed by atoms with van der Waals surface area (Å²) < 4.78 is 18.1. The van der Waals surface area contributed by atoms with Gasteiger partial charge in [-0.3, -0.25) is 14.9 Å². The van der Waals surface area contributed by atoms with Gasteiger partial charge in [0.25, 0.3) is 5.91 Å². The number of hydrogen-bond donors (Lipinski definition) is 2. The maximum Gasteiger partial charge on any atom is 0.349 e. The van der Waals surface area contributed by atoms with Crippen molar-refractivity contribution in [3.63, 3.8) is 0 Å². The number of thioether (sulfide) groups is 1. The van der Waals surface area contributed by atoms with Gasteiger partial charge in [0.1, 0.15) is 17.0 Å². The molecule has 0 fully saturated rings. The Bertz CT molecular complexity index is 1340. The first-order valence-corrected chi connectivity index (χ1v) is 11.4. The fourth-order valence-corrected chi connectivity index (χ4v) is 4.32. The Morgan fingerprint density at radius 3 is 2.69 bits per heavy atom. The normalized spacial score (nSPS) is 10.8. The fourth-order valence-electron chi connectivity index (χ4n) is 2.79. The SMILES string of the molecule is O=C(CSCc1csc(NC(=O)c2cc3ccccc3oc2=O)n1)Nc1ccc(F)cc1. The number of halogens is 1. The molecule has 32 heavy (non-hydrogen) atoms. The average Bonchev–Trinajstić information content (AvgIpc) is 3.22. The van der Waals surface area contributed by atoms with Gasteiger partial charge in [0.05, 0.1) is 11.4 Å². The molecule has 0 aliphatic carbocycles. The molecule has 0 radical (unpaired) electrons. The van der Waals surface area contributed by atoms with Gasteiger partial charge in [-0.15, -0.1) is 23.1 Å². The van der Waals surface area contributed by atoms with Gasteiger partial charge in [0.15, 0.2) is 5.13 Å². The summed E-state index contributed by atoms with van der Waals surface area (Å²) in [4.78, 5) is 40.9. The van der Waals surface area contributed by atoms with Crippen LogP contribution in [0.25, 0.3) is 11.0 Å². The van der Waals surface area contributed by atoms with Crippen molar-refractivity contribution in [2.75, 3.05) is 16.4 Å². The molecule has 0 aliphatic heterocycles. The molecule has 0 bridgehead atoms. The smallest absolute Gasteiger partial charge is 0.349 e. The van der Waals surface area contributed by atoms with E-state index >= 15 is 0 Å². The van der Waals surface area contributed by atoms with E-state index in [1.807, 2.05) is 0 Å². The van der Waals surface area contributed by atoms with Crippen molar-refractivity contribution in [3.8, 4) is 0 Å². The third-order valence-corrected chi connectivity index (χ3v) is 6.04. The molecule has 4 rings (SSSR count). The van der Waals surface area contributed by atoms with E-state index in [0.29, 0.717) is 33.2 Å². The minimum Gasteiger partial charge on any atom is -0.422 e. The summed E-state index contributed by atoms with van der Waals surface area (Å²) in [6.45, 7) is 0. The largest absolute Gasteiger partial charge is 0.422 e. The number of nitrogens with one attached hydrogen (secondary N) is 2. The molecule has 2 aromatic heterocycles. The molecular weight excluding hydrogens is 453 g/mol. The van der Waals surface area contributed by atoms with Gasteiger partial charge >= 0.3 is 5.63 Å². The van der Waals surface area contributed by atoms with Crippen LogP contribution in [0, 0.1) is 5.82 Å². The summed E-state index contributed by atoms with van der Waals surface area (Å²) in [6.07, 6.45) is 0. The molecule has 0 aliphatic rings. The van der Waals surface area contributed by atoms with Crippen molar-refractivity contribution in [2.45, 2.75) is 5.75 Å². The van der Waals surface area contributed by atoms with Crippen LogP contribution in [-0.2, 0) is 10.5 Å². The van der Waals surface area contributed by atoms with Crippen LogP contribution < -0.4 is 16.3 Å². The summed E-state index contributed by atoms with van der Waals surface area (Å²) >= 11 is 2.57. The first-order valence-electron chi connectivity index (χ1n) is 9.40. The molecule has 2 N–H and O–H groups in total. The number of carbonyl (C=O) groups is 2. The number of nitrogens with zero attached hydrogens (tertiary/aromatic N) is 1. The Morgan fingerprint density at radius 2 is 1.88 bits per heavy atom. The monoisotopic (exact) mass is 469 g/mol. The van der Waals surface area contributed by atoms with Gasteiger partial charge in [0, 0.05) is 22.2 Å². The van der Waals surface area contributed by atoms with Crippen LogP contribution in [0.5, 0.6) is 0 Å². The van der Waals surface area contributed by atoms with E-state index in [1.165, 1.54) is 53.4 Å². The number of rotatable bonds is 7. The topological polar surface area (TPSA) is 101 Å². The lowest BCUT2D eigenvalue weighted by molar-refractivity contribution is -0.113. The van der Waals surface area contributed by atoms with Crippen LogP contribution in [-0.4, -0.2) is 22.6 Å². The standard InChI is InChI=1S/C22H16FN3O4S2/c23-14-5-7-15(8-6-14)24-19(27)12-31-10-16-11-32-22(25-16)26-20(28)17-9-13-3-1-2-4-18(13)30-21(17)29/h1-9,11H,10,12H2,(H,24,27)(H,25,26,28). The zero-order valence-electron chi connectivity index (χ0n) is 16.5. The van der Waals surface area contributed by atoms with Crippen molar-refractivity contribution >= 4 is 56.7 Å². The fraction of sp³-hybridized carbons (Fsp3) is 0.0909. The van der Waals surface area contributed by atoms with E-state index in [1.54, 1.807) is 29.6 Å². The number of amides is 2. The summed E-state index contributed by atoms with van der Waals surface area (Å²) in [7, 11) is 0. The summed E-state index contributed by atoms with van der Waals surface area (Å²) in [5.41, 5.74) is 0.795. The first-order chi connectivity index (χ1) is 15.5. The predicted octanol–water partition coefficient (Wildman–Crippen LogP) is 4.51. The Kier molecular flexibility index (Phi) is 6.62. The molecule has 10 heteroatoms. The number of benzene rings is 2. The molecular formula is C22H16FN3O4S2. The van der Waals surface area contributed by atoms with Crippen LogP contribution in [0.2, 0.25) is 0 Å². The molecule has 0 saturated carbocycles. The molecule has 2 aromatic carbocycles. The van der Waals surface area contributed by atoms with E-state index in [9.17, 15) is 18.8 Å². The number of carbonyl (C=O) groups excluding carboxylic acids is 2. The Balaban J connectivity index is 1.30. The van der Waals surface area contributed by atoms with Crippen LogP contribution in [0.4, 0.5) is 15.2 Å². The van der Waals surface area contributed by atoms with E-state index in [0.717, 1.165) is 0 Å². The second kappa shape index (κ2) is 9.75. The Labute approximate surface area is 189 Å². The molecule has 2 amide bonds. The first kappa shape index (κ1) is 21.7. The molecule has 0 atom stereocenters. The molecule has 4 aromatic rings. The van der Waals surface area contributed by atoms with Gasteiger partial charge < -0.3 is 9.73 Å². The van der Waals surface area contributed by atoms with Crippen molar-refractivity contribution in [2.24, 2.45) is 0 Å². The molecule has 0 saturated heterocycles. The predicted molar refractivity (Wildman–Crippen MR) is 124 cm³/mol. The van der Waals surface area contributed by atoms with Crippen molar-refractivity contribution in [3.05, 3.63) is 87.5 Å². The van der Waals surface area contributed by atoms with E-state index in [2.05, 4.69) is 15.6 Å².